The van der Waals surface area contributed by atoms with Gasteiger partial charge < -0.3 is 16.4 Å². The zero-order valence-electron chi connectivity index (χ0n) is 9.17. The fourth-order valence-corrected chi connectivity index (χ4v) is 1.45. The zero-order valence-corrected chi connectivity index (χ0v) is 9.98. The molecule has 0 aliphatic carbocycles. The molecule has 1 saturated heterocycles. The lowest BCUT2D eigenvalue weighted by molar-refractivity contribution is 0.344. The zero-order chi connectivity index (χ0) is 10.8. The van der Waals surface area contributed by atoms with Crippen LogP contribution in [0.2, 0.25) is 0 Å². The van der Waals surface area contributed by atoms with E-state index in [0.717, 1.165) is 31.0 Å². The van der Waals surface area contributed by atoms with E-state index < -0.39 is 0 Å². The number of nitrogens with zero attached hydrogens (tertiary/aromatic N) is 1. The van der Waals surface area contributed by atoms with Gasteiger partial charge in [0, 0.05) is 19.6 Å². The lowest BCUT2D eigenvalue weighted by Crippen LogP contribution is -2.38. The molecule has 4 N–H and O–H groups in total. The van der Waals surface area contributed by atoms with Crippen LogP contribution in [0.15, 0.2) is 0 Å². The van der Waals surface area contributed by atoms with E-state index in [1.54, 1.807) is 0 Å². The number of nitrogens with two attached hydrogens (primary N) is 2. The summed E-state index contributed by atoms with van der Waals surface area (Å²) in [5.41, 5.74) is 10.4. The first-order valence-corrected chi connectivity index (χ1v) is 5.85. The predicted octanol–water partition coefficient (Wildman–Crippen LogP) is 1.11. The third kappa shape index (κ3) is 6.29. The van der Waals surface area contributed by atoms with Crippen LogP contribution in [0, 0.1) is 0 Å². The molecule has 0 saturated carbocycles. The molecular weight excluding hydrogens is 194 g/mol. The van der Waals surface area contributed by atoms with Crippen molar-refractivity contribution >= 4 is 17.2 Å². The maximum Gasteiger partial charge on any atom is 0.0917 e. The SMILES string of the molecule is CCCN.NCC(=S)N1CCCCC1. The lowest BCUT2D eigenvalue weighted by Gasteiger charge is -2.28. The second kappa shape index (κ2) is 9.37. The third-order valence-electron chi connectivity index (χ3n) is 2.17. The van der Waals surface area contributed by atoms with Crippen LogP contribution in [0.1, 0.15) is 32.6 Å². The summed E-state index contributed by atoms with van der Waals surface area (Å²) in [4.78, 5) is 3.15. The molecule has 0 amide bonds. The maximum absolute atomic E-state index is 5.42. The molecule has 0 aromatic carbocycles. The molecule has 1 fully saturated rings. The Hall–Kier alpha value is -0.190. The summed E-state index contributed by atoms with van der Waals surface area (Å²) in [6.45, 7) is 5.65. The molecule has 0 atom stereocenters. The fourth-order valence-electron chi connectivity index (χ4n) is 1.27. The molecule has 0 bridgehead atoms. The lowest BCUT2D eigenvalue weighted by atomic mass is 10.1. The quantitative estimate of drug-likeness (QED) is 0.681. The van der Waals surface area contributed by atoms with Gasteiger partial charge in [0.15, 0.2) is 0 Å². The van der Waals surface area contributed by atoms with Crippen molar-refractivity contribution in [1.29, 1.82) is 0 Å². The summed E-state index contributed by atoms with van der Waals surface area (Å²) in [7, 11) is 0. The van der Waals surface area contributed by atoms with Crippen LogP contribution in [0.4, 0.5) is 0 Å². The van der Waals surface area contributed by atoms with Gasteiger partial charge in [-0.3, -0.25) is 0 Å². The van der Waals surface area contributed by atoms with Gasteiger partial charge in [0.05, 0.1) is 4.99 Å². The second-order valence-corrected chi connectivity index (χ2v) is 3.91. The van der Waals surface area contributed by atoms with Gasteiger partial charge >= 0.3 is 0 Å². The number of likely N-dealkylation sites (tertiary alicyclic amines) is 1. The minimum atomic E-state index is 0.537. The summed E-state index contributed by atoms with van der Waals surface area (Å²) in [5, 5.41) is 0. The molecule has 0 unspecified atom stereocenters. The molecule has 1 aliphatic heterocycles. The van der Waals surface area contributed by atoms with Crippen molar-refractivity contribution in [1.82, 2.24) is 4.90 Å². The Labute approximate surface area is 92.8 Å². The number of rotatable bonds is 2. The smallest absolute Gasteiger partial charge is 0.0917 e. The van der Waals surface area contributed by atoms with Crippen LogP contribution < -0.4 is 11.5 Å². The van der Waals surface area contributed by atoms with Crippen LogP contribution in [0.3, 0.4) is 0 Å². The highest BCUT2D eigenvalue weighted by Gasteiger charge is 2.10. The topological polar surface area (TPSA) is 55.3 Å². The van der Waals surface area contributed by atoms with Crippen LogP contribution >= 0.6 is 12.2 Å². The van der Waals surface area contributed by atoms with Crippen molar-refractivity contribution in [2.45, 2.75) is 32.6 Å². The number of hydrogen-bond acceptors (Lipinski definition) is 3. The highest BCUT2D eigenvalue weighted by molar-refractivity contribution is 7.80. The molecule has 0 spiro atoms. The van der Waals surface area contributed by atoms with E-state index in [-0.39, 0.29) is 0 Å². The van der Waals surface area contributed by atoms with E-state index in [0.29, 0.717) is 6.54 Å². The Morgan fingerprint density at radius 1 is 1.21 bits per heavy atom. The van der Waals surface area contributed by atoms with Crippen molar-refractivity contribution in [2.75, 3.05) is 26.2 Å². The molecule has 1 aliphatic rings. The Kier molecular flexibility index (Phi) is 9.24. The molecule has 1 rings (SSSR count). The molecule has 3 nitrogen and oxygen atoms in total. The summed E-state index contributed by atoms with van der Waals surface area (Å²) >= 11 is 5.08. The first kappa shape index (κ1) is 13.8. The third-order valence-corrected chi connectivity index (χ3v) is 2.60. The van der Waals surface area contributed by atoms with Crippen LogP contribution in [0.5, 0.6) is 0 Å². The summed E-state index contributed by atoms with van der Waals surface area (Å²) < 4.78 is 0. The van der Waals surface area contributed by atoms with E-state index in [9.17, 15) is 0 Å². The summed E-state index contributed by atoms with van der Waals surface area (Å²) in [6.07, 6.45) is 5.00. The van der Waals surface area contributed by atoms with Crippen LogP contribution in [-0.2, 0) is 0 Å². The standard InChI is InChI=1S/C7H14N2S.C3H9N/c8-6-7(10)9-4-2-1-3-5-9;1-2-3-4/h1-6,8H2;2-4H2,1H3. The average molecular weight is 217 g/mol. The van der Waals surface area contributed by atoms with Gasteiger partial charge in [-0.25, -0.2) is 0 Å². The van der Waals surface area contributed by atoms with Crippen molar-refractivity contribution in [3.8, 4) is 0 Å². The van der Waals surface area contributed by atoms with E-state index in [2.05, 4.69) is 11.8 Å². The molecule has 1 heterocycles. The van der Waals surface area contributed by atoms with Crippen LogP contribution in [0.25, 0.3) is 0 Å². The first-order valence-electron chi connectivity index (χ1n) is 5.44. The van der Waals surface area contributed by atoms with Gasteiger partial charge in [0.1, 0.15) is 0 Å². The Balaban J connectivity index is 0.000000364. The Morgan fingerprint density at radius 3 is 2.07 bits per heavy atom. The van der Waals surface area contributed by atoms with Gasteiger partial charge in [-0.05, 0) is 32.2 Å². The highest BCUT2D eigenvalue weighted by atomic mass is 32.1. The van der Waals surface area contributed by atoms with E-state index >= 15 is 0 Å². The molecule has 0 radical (unpaired) electrons. The van der Waals surface area contributed by atoms with Crippen molar-refractivity contribution in [2.24, 2.45) is 11.5 Å². The number of piperidine rings is 1. The molecule has 0 aromatic rings. The monoisotopic (exact) mass is 217 g/mol. The van der Waals surface area contributed by atoms with Gasteiger partial charge in [-0.1, -0.05) is 19.1 Å². The largest absolute Gasteiger partial charge is 0.365 e. The molecule has 4 heteroatoms. The van der Waals surface area contributed by atoms with Crippen molar-refractivity contribution < 1.29 is 0 Å². The van der Waals surface area contributed by atoms with Crippen LogP contribution in [-0.4, -0.2) is 36.1 Å². The van der Waals surface area contributed by atoms with Gasteiger partial charge in [-0.15, -0.1) is 0 Å². The Morgan fingerprint density at radius 2 is 1.71 bits per heavy atom. The second-order valence-electron chi connectivity index (χ2n) is 3.43. The average Bonchev–Trinajstić information content (AvgIpc) is 2.29. The highest BCUT2D eigenvalue weighted by Crippen LogP contribution is 2.08. The van der Waals surface area contributed by atoms with Crippen molar-refractivity contribution in [3.63, 3.8) is 0 Å². The van der Waals surface area contributed by atoms with E-state index in [1.807, 2.05) is 0 Å². The molecule has 14 heavy (non-hydrogen) atoms. The van der Waals surface area contributed by atoms with Gasteiger partial charge in [-0.2, -0.15) is 0 Å². The predicted molar refractivity (Wildman–Crippen MR) is 66.4 cm³/mol. The van der Waals surface area contributed by atoms with Crippen molar-refractivity contribution in [3.05, 3.63) is 0 Å². The minimum absolute atomic E-state index is 0.537. The summed E-state index contributed by atoms with van der Waals surface area (Å²) in [6, 6.07) is 0. The molecular formula is C10H23N3S. The molecule has 0 aromatic heterocycles. The van der Waals surface area contributed by atoms with Gasteiger partial charge in [0.2, 0.25) is 0 Å². The number of thiocarbonyl (C=S) groups is 1. The normalized spacial score (nSPS) is 15.8. The fraction of sp³-hybridized carbons (Fsp3) is 0.900. The first-order chi connectivity index (χ1) is 6.76. The maximum atomic E-state index is 5.42. The van der Waals surface area contributed by atoms with Gasteiger partial charge in [0.25, 0.3) is 0 Å². The molecule has 84 valence electrons. The number of hydrogen-bond donors (Lipinski definition) is 2. The van der Waals surface area contributed by atoms with E-state index in [4.69, 9.17) is 23.7 Å². The Bertz CT molecular complexity index is 142. The van der Waals surface area contributed by atoms with E-state index in [1.165, 1.54) is 19.3 Å². The minimum Gasteiger partial charge on any atom is -0.365 e. The summed E-state index contributed by atoms with van der Waals surface area (Å²) in [5.74, 6) is 0.